The average molecular weight is 355 g/mol. The Morgan fingerprint density at radius 1 is 0.923 bits per heavy atom. The number of anilines is 3. The van der Waals surface area contributed by atoms with E-state index >= 15 is 0 Å². The molecule has 0 radical (unpaired) electrons. The van der Waals surface area contributed by atoms with Crippen LogP contribution in [0.4, 0.5) is 26.2 Å². The van der Waals surface area contributed by atoms with Gasteiger partial charge in [-0.3, -0.25) is 4.98 Å². The standard InChI is InChI=1S/C19H19F2N5/c1-19(2,3)26-18-24-15(12-6-8-22-9-7-12)11-17(25-18)23-16-10-13(20)4-5-14(16)21/h4-11H,1-3H3,(H2,23,24,25,26). The van der Waals surface area contributed by atoms with Crippen molar-refractivity contribution in [1.82, 2.24) is 15.0 Å². The van der Waals surface area contributed by atoms with Crippen LogP contribution < -0.4 is 10.6 Å². The third-order valence-corrected chi connectivity index (χ3v) is 3.38. The van der Waals surface area contributed by atoms with E-state index in [1.807, 2.05) is 32.9 Å². The lowest BCUT2D eigenvalue weighted by molar-refractivity contribution is 0.603. The van der Waals surface area contributed by atoms with Crippen LogP contribution in [0.2, 0.25) is 0 Å². The molecule has 0 saturated carbocycles. The van der Waals surface area contributed by atoms with E-state index < -0.39 is 11.6 Å². The summed E-state index contributed by atoms with van der Waals surface area (Å²) in [7, 11) is 0. The molecule has 134 valence electrons. The minimum atomic E-state index is -0.569. The lowest BCUT2D eigenvalue weighted by Gasteiger charge is -2.21. The van der Waals surface area contributed by atoms with Gasteiger partial charge in [-0.15, -0.1) is 0 Å². The number of benzene rings is 1. The summed E-state index contributed by atoms with van der Waals surface area (Å²) in [5, 5.41) is 6.03. The van der Waals surface area contributed by atoms with Crippen molar-refractivity contribution in [2.24, 2.45) is 0 Å². The summed E-state index contributed by atoms with van der Waals surface area (Å²) in [5.41, 5.74) is 1.21. The van der Waals surface area contributed by atoms with Crippen LogP contribution in [-0.4, -0.2) is 20.5 Å². The third-order valence-electron chi connectivity index (χ3n) is 3.38. The molecule has 5 nitrogen and oxygen atoms in total. The van der Waals surface area contributed by atoms with Gasteiger partial charge in [0.1, 0.15) is 17.5 Å². The number of nitrogens with zero attached hydrogens (tertiary/aromatic N) is 3. The molecule has 0 aliphatic heterocycles. The van der Waals surface area contributed by atoms with Gasteiger partial charge in [-0.1, -0.05) is 0 Å². The van der Waals surface area contributed by atoms with Crippen molar-refractivity contribution in [3.63, 3.8) is 0 Å². The predicted octanol–water partition coefficient (Wildman–Crippen LogP) is 4.77. The lowest BCUT2D eigenvalue weighted by Crippen LogP contribution is -2.27. The topological polar surface area (TPSA) is 62.7 Å². The van der Waals surface area contributed by atoms with Crippen LogP contribution in [0, 0.1) is 11.6 Å². The lowest BCUT2D eigenvalue weighted by atomic mass is 10.1. The number of rotatable bonds is 4. The number of aromatic nitrogens is 3. The van der Waals surface area contributed by atoms with E-state index in [9.17, 15) is 8.78 Å². The van der Waals surface area contributed by atoms with Gasteiger partial charge in [0.25, 0.3) is 0 Å². The fourth-order valence-corrected chi connectivity index (χ4v) is 2.30. The second kappa shape index (κ2) is 7.03. The third kappa shape index (κ3) is 4.50. The van der Waals surface area contributed by atoms with Gasteiger partial charge in [-0.2, -0.15) is 4.98 Å². The summed E-state index contributed by atoms with van der Waals surface area (Å²) in [6.45, 7) is 5.94. The summed E-state index contributed by atoms with van der Waals surface area (Å²) < 4.78 is 27.4. The van der Waals surface area contributed by atoms with Gasteiger partial charge in [0, 0.05) is 35.6 Å². The Labute approximate surface area is 150 Å². The normalized spacial score (nSPS) is 11.3. The molecule has 0 aliphatic rings. The fraction of sp³-hybridized carbons (Fsp3) is 0.211. The fourth-order valence-electron chi connectivity index (χ4n) is 2.30. The Kier molecular flexibility index (Phi) is 4.79. The monoisotopic (exact) mass is 355 g/mol. The van der Waals surface area contributed by atoms with Gasteiger partial charge in [0.05, 0.1) is 11.4 Å². The molecule has 0 atom stereocenters. The molecule has 3 aromatic rings. The number of pyridine rings is 1. The minimum absolute atomic E-state index is 0.00564. The van der Waals surface area contributed by atoms with Crippen molar-refractivity contribution in [3.8, 4) is 11.3 Å². The molecule has 0 saturated heterocycles. The van der Waals surface area contributed by atoms with Gasteiger partial charge in [-0.05, 0) is 45.0 Å². The first-order chi connectivity index (χ1) is 12.3. The van der Waals surface area contributed by atoms with Crippen LogP contribution in [0.25, 0.3) is 11.3 Å². The zero-order valence-electron chi connectivity index (χ0n) is 14.7. The Morgan fingerprint density at radius 3 is 2.35 bits per heavy atom. The number of halogens is 2. The van der Waals surface area contributed by atoms with Crippen LogP contribution in [0.3, 0.4) is 0 Å². The molecule has 3 rings (SSSR count). The van der Waals surface area contributed by atoms with E-state index in [0.29, 0.717) is 17.5 Å². The van der Waals surface area contributed by atoms with E-state index in [4.69, 9.17) is 0 Å². The SMILES string of the molecule is CC(C)(C)Nc1nc(Nc2cc(F)ccc2F)cc(-c2ccncc2)n1. The van der Waals surface area contributed by atoms with E-state index in [0.717, 1.165) is 23.8 Å². The quantitative estimate of drug-likeness (QED) is 0.706. The average Bonchev–Trinajstić information content (AvgIpc) is 2.57. The van der Waals surface area contributed by atoms with Crippen LogP contribution in [-0.2, 0) is 0 Å². The highest BCUT2D eigenvalue weighted by atomic mass is 19.1. The minimum Gasteiger partial charge on any atom is -0.350 e. The summed E-state index contributed by atoms with van der Waals surface area (Å²) in [4.78, 5) is 12.9. The zero-order chi connectivity index (χ0) is 18.7. The molecule has 7 heteroatoms. The zero-order valence-corrected chi connectivity index (χ0v) is 14.7. The van der Waals surface area contributed by atoms with Crippen molar-refractivity contribution in [2.75, 3.05) is 10.6 Å². The molecule has 0 bridgehead atoms. The van der Waals surface area contributed by atoms with Gasteiger partial charge in [0.15, 0.2) is 0 Å². The Balaban J connectivity index is 2.03. The van der Waals surface area contributed by atoms with Crippen LogP contribution in [0.1, 0.15) is 20.8 Å². The molecule has 1 aromatic carbocycles. The molecule has 2 N–H and O–H groups in total. The van der Waals surface area contributed by atoms with Gasteiger partial charge >= 0.3 is 0 Å². The van der Waals surface area contributed by atoms with E-state index in [1.165, 1.54) is 0 Å². The molecular formula is C19H19F2N5. The van der Waals surface area contributed by atoms with E-state index in [2.05, 4.69) is 25.6 Å². The van der Waals surface area contributed by atoms with Crippen LogP contribution >= 0.6 is 0 Å². The van der Waals surface area contributed by atoms with Gasteiger partial charge in [0.2, 0.25) is 5.95 Å². The maximum absolute atomic E-state index is 14.0. The highest BCUT2D eigenvalue weighted by Crippen LogP contribution is 2.26. The summed E-state index contributed by atoms with van der Waals surface area (Å²) in [6.07, 6.45) is 3.32. The first-order valence-electron chi connectivity index (χ1n) is 8.10. The Bertz CT molecular complexity index is 908. The molecule has 0 aliphatic carbocycles. The molecule has 0 fully saturated rings. The molecule has 0 unspecified atom stereocenters. The first-order valence-corrected chi connectivity index (χ1v) is 8.10. The highest BCUT2D eigenvalue weighted by molar-refractivity contribution is 5.67. The summed E-state index contributed by atoms with van der Waals surface area (Å²) >= 11 is 0. The van der Waals surface area contributed by atoms with E-state index in [1.54, 1.807) is 18.5 Å². The second-order valence-corrected chi connectivity index (χ2v) is 6.82. The van der Waals surface area contributed by atoms with E-state index in [-0.39, 0.29) is 11.2 Å². The van der Waals surface area contributed by atoms with Gasteiger partial charge < -0.3 is 10.6 Å². The summed E-state index contributed by atoms with van der Waals surface area (Å²) in [6, 6.07) is 8.52. The number of nitrogens with one attached hydrogen (secondary N) is 2. The smallest absolute Gasteiger partial charge is 0.225 e. The predicted molar refractivity (Wildman–Crippen MR) is 98.3 cm³/mol. The summed E-state index contributed by atoms with van der Waals surface area (Å²) in [5.74, 6) is -0.375. The van der Waals surface area contributed by atoms with Crippen LogP contribution in [0.5, 0.6) is 0 Å². The highest BCUT2D eigenvalue weighted by Gasteiger charge is 2.15. The Hall–Kier alpha value is -3.09. The number of hydrogen-bond donors (Lipinski definition) is 2. The molecule has 2 aromatic heterocycles. The van der Waals surface area contributed by atoms with Crippen molar-refractivity contribution in [1.29, 1.82) is 0 Å². The number of hydrogen-bond acceptors (Lipinski definition) is 5. The van der Waals surface area contributed by atoms with Crippen molar-refractivity contribution >= 4 is 17.5 Å². The van der Waals surface area contributed by atoms with Crippen LogP contribution in [0.15, 0.2) is 48.8 Å². The maximum Gasteiger partial charge on any atom is 0.225 e. The Morgan fingerprint density at radius 2 is 1.65 bits per heavy atom. The maximum atomic E-state index is 14.0. The largest absolute Gasteiger partial charge is 0.350 e. The molecule has 26 heavy (non-hydrogen) atoms. The molecular weight excluding hydrogens is 336 g/mol. The molecule has 0 spiro atoms. The molecule has 2 heterocycles. The second-order valence-electron chi connectivity index (χ2n) is 6.82. The van der Waals surface area contributed by atoms with Crippen molar-refractivity contribution in [2.45, 2.75) is 26.3 Å². The molecule has 0 amide bonds. The van der Waals surface area contributed by atoms with Gasteiger partial charge in [-0.25, -0.2) is 13.8 Å². The first kappa shape index (κ1) is 17.7. The van der Waals surface area contributed by atoms with Crippen molar-refractivity contribution < 1.29 is 8.78 Å². The van der Waals surface area contributed by atoms with Crippen molar-refractivity contribution in [3.05, 3.63) is 60.4 Å².